The van der Waals surface area contributed by atoms with Crippen molar-refractivity contribution in [1.29, 1.82) is 0 Å². The minimum Gasteiger partial charge on any atom is -0.311 e. The lowest BCUT2D eigenvalue weighted by molar-refractivity contribution is 0.666. The van der Waals surface area contributed by atoms with Crippen molar-refractivity contribution in [2.45, 2.75) is 13.0 Å². The number of aromatic nitrogens is 4. The number of hydrogen-bond donors (Lipinski definition) is 1. The predicted octanol–water partition coefficient (Wildman–Crippen LogP) is 0.542. The van der Waals surface area contributed by atoms with E-state index < -0.39 is 0 Å². The first kappa shape index (κ1) is 10.8. The molecule has 5 heteroatoms. The standard InChI is InChI=1S/C11H15N5/c1-16-9-10(7-14-16)4-6-12-8-11-3-2-5-13-15-11/h2-3,5,7,9,12H,4,6,8H2,1H3. The van der Waals surface area contributed by atoms with Crippen molar-refractivity contribution >= 4 is 0 Å². The second-order valence-electron chi connectivity index (χ2n) is 3.66. The fraction of sp³-hybridized carbons (Fsp3) is 0.364. The lowest BCUT2D eigenvalue weighted by Crippen LogP contribution is -2.17. The highest BCUT2D eigenvalue weighted by molar-refractivity contribution is 5.04. The minimum atomic E-state index is 0.758. The third-order valence-corrected chi connectivity index (χ3v) is 2.28. The Morgan fingerprint density at radius 2 is 2.38 bits per heavy atom. The molecule has 0 aromatic carbocycles. The molecule has 1 N–H and O–H groups in total. The summed E-state index contributed by atoms with van der Waals surface area (Å²) in [7, 11) is 1.93. The maximum absolute atomic E-state index is 4.12. The first-order chi connectivity index (χ1) is 7.84. The molecule has 0 radical (unpaired) electrons. The SMILES string of the molecule is Cn1cc(CCNCc2cccnn2)cn1. The van der Waals surface area contributed by atoms with Crippen molar-refractivity contribution < 1.29 is 0 Å². The first-order valence-electron chi connectivity index (χ1n) is 5.29. The van der Waals surface area contributed by atoms with E-state index in [1.807, 2.05) is 36.3 Å². The van der Waals surface area contributed by atoms with Crippen LogP contribution in [-0.4, -0.2) is 26.5 Å². The zero-order chi connectivity index (χ0) is 11.2. The van der Waals surface area contributed by atoms with Crippen LogP contribution < -0.4 is 5.32 Å². The summed E-state index contributed by atoms with van der Waals surface area (Å²) in [6.07, 6.45) is 6.58. The molecular weight excluding hydrogens is 202 g/mol. The van der Waals surface area contributed by atoms with Crippen molar-refractivity contribution in [1.82, 2.24) is 25.3 Å². The summed E-state index contributed by atoms with van der Waals surface area (Å²) < 4.78 is 1.82. The van der Waals surface area contributed by atoms with E-state index in [0.29, 0.717) is 0 Å². The molecule has 0 amide bonds. The van der Waals surface area contributed by atoms with Crippen molar-refractivity contribution in [2.24, 2.45) is 7.05 Å². The molecule has 0 aliphatic heterocycles. The summed E-state index contributed by atoms with van der Waals surface area (Å²) in [4.78, 5) is 0. The molecular formula is C11H15N5. The van der Waals surface area contributed by atoms with E-state index >= 15 is 0 Å². The summed E-state index contributed by atoms with van der Waals surface area (Å²) >= 11 is 0. The second-order valence-corrected chi connectivity index (χ2v) is 3.66. The summed E-state index contributed by atoms with van der Waals surface area (Å²) in [5, 5.41) is 15.3. The second kappa shape index (κ2) is 5.37. The van der Waals surface area contributed by atoms with Gasteiger partial charge in [0.25, 0.3) is 0 Å². The molecule has 0 atom stereocenters. The molecule has 0 saturated heterocycles. The number of aryl methyl sites for hydroxylation is 1. The van der Waals surface area contributed by atoms with Crippen LogP contribution in [0.15, 0.2) is 30.7 Å². The van der Waals surface area contributed by atoms with Gasteiger partial charge < -0.3 is 5.32 Å². The highest BCUT2D eigenvalue weighted by Crippen LogP contribution is 1.96. The van der Waals surface area contributed by atoms with Gasteiger partial charge in [-0.15, -0.1) is 0 Å². The normalized spacial score (nSPS) is 10.6. The maximum atomic E-state index is 4.12. The lowest BCUT2D eigenvalue weighted by atomic mass is 10.2. The van der Waals surface area contributed by atoms with Crippen LogP contribution >= 0.6 is 0 Å². The molecule has 2 aromatic rings. The quantitative estimate of drug-likeness (QED) is 0.743. The van der Waals surface area contributed by atoms with Gasteiger partial charge in [0.1, 0.15) is 0 Å². The van der Waals surface area contributed by atoms with E-state index in [9.17, 15) is 0 Å². The molecule has 0 fully saturated rings. The minimum absolute atomic E-state index is 0.758. The van der Waals surface area contributed by atoms with Crippen LogP contribution in [0.3, 0.4) is 0 Å². The molecule has 0 aliphatic carbocycles. The number of hydrogen-bond acceptors (Lipinski definition) is 4. The third-order valence-electron chi connectivity index (χ3n) is 2.28. The molecule has 16 heavy (non-hydrogen) atoms. The van der Waals surface area contributed by atoms with Gasteiger partial charge in [-0.3, -0.25) is 4.68 Å². The van der Waals surface area contributed by atoms with E-state index in [4.69, 9.17) is 0 Å². The fourth-order valence-corrected chi connectivity index (χ4v) is 1.48. The summed E-state index contributed by atoms with van der Waals surface area (Å²) in [6, 6.07) is 3.86. The molecule has 0 bridgehead atoms. The smallest absolute Gasteiger partial charge is 0.0768 e. The number of rotatable bonds is 5. The van der Waals surface area contributed by atoms with Gasteiger partial charge in [0.2, 0.25) is 0 Å². The zero-order valence-electron chi connectivity index (χ0n) is 9.30. The van der Waals surface area contributed by atoms with E-state index in [2.05, 4.69) is 20.6 Å². The third kappa shape index (κ3) is 3.13. The average molecular weight is 217 g/mol. The van der Waals surface area contributed by atoms with Crippen molar-refractivity contribution in [3.8, 4) is 0 Å². The Morgan fingerprint density at radius 1 is 1.44 bits per heavy atom. The van der Waals surface area contributed by atoms with Crippen LogP contribution in [0, 0.1) is 0 Å². The van der Waals surface area contributed by atoms with Gasteiger partial charge in [-0.2, -0.15) is 15.3 Å². The summed E-state index contributed by atoms with van der Waals surface area (Å²) in [5.41, 5.74) is 2.21. The predicted molar refractivity (Wildman–Crippen MR) is 60.7 cm³/mol. The van der Waals surface area contributed by atoms with E-state index in [1.165, 1.54) is 5.56 Å². The number of nitrogens with one attached hydrogen (secondary N) is 1. The largest absolute Gasteiger partial charge is 0.311 e. The lowest BCUT2D eigenvalue weighted by Gasteiger charge is -2.01. The van der Waals surface area contributed by atoms with Gasteiger partial charge in [0, 0.05) is 26.0 Å². The van der Waals surface area contributed by atoms with Crippen LogP contribution in [-0.2, 0) is 20.0 Å². The highest BCUT2D eigenvalue weighted by atomic mass is 15.2. The van der Waals surface area contributed by atoms with Gasteiger partial charge in [-0.05, 0) is 30.7 Å². The molecule has 2 aromatic heterocycles. The average Bonchev–Trinajstić information content (AvgIpc) is 2.72. The maximum Gasteiger partial charge on any atom is 0.0768 e. The molecule has 5 nitrogen and oxygen atoms in total. The van der Waals surface area contributed by atoms with Gasteiger partial charge >= 0.3 is 0 Å². The van der Waals surface area contributed by atoms with Crippen LogP contribution in [0.25, 0.3) is 0 Å². The van der Waals surface area contributed by atoms with Crippen LogP contribution in [0.1, 0.15) is 11.3 Å². The van der Waals surface area contributed by atoms with Crippen LogP contribution in [0.2, 0.25) is 0 Å². The van der Waals surface area contributed by atoms with Gasteiger partial charge in [-0.25, -0.2) is 0 Å². The molecule has 0 spiro atoms. The van der Waals surface area contributed by atoms with Crippen molar-refractivity contribution in [3.63, 3.8) is 0 Å². The Hall–Kier alpha value is -1.75. The Balaban J connectivity index is 1.69. The summed E-state index contributed by atoms with van der Waals surface area (Å²) in [5.74, 6) is 0. The van der Waals surface area contributed by atoms with E-state index in [1.54, 1.807) is 6.20 Å². The zero-order valence-corrected chi connectivity index (χ0v) is 9.30. The topological polar surface area (TPSA) is 55.6 Å². The Labute approximate surface area is 94.5 Å². The Bertz CT molecular complexity index is 423. The van der Waals surface area contributed by atoms with Crippen molar-refractivity contribution in [3.05, 3.63) is 42.0 Å². The molecule has 84 valence electrons. The van der Waals surface area contributed by atoms with Gasteiger partial charge in [0.15, 0.2) is 0 Å². The summed E-state index contributed by atoms with van der Waals surface area (Å²) in [6.45, 7) is 1.68. The molecule has 0 unspecified atom stereocenters. The van der Waals surface area contributed by atoms with Crippen LogP contribution in [0.5, 0.6) is 0 Å². The van der Waals surface area contributed by atoms with E-state index in [-0.39, 0.29) is 0 Å². The number of nitrogens with zero attached hydrogens (tertiary/aromatic N) is 4. The molecule has 0 aliphatic rings. The van der Waals surface area contributed by atoms with Crippen LogP contribution in [0.4, 0.5) is 0 Å². The monoisotopic (exact) mass is 217 g/mol. The molecule has 0 saturated carbocycles. The highest BCUT2D eigenvalue weighted by Gasteiger charge is 1.96. The van der Waals surface area contributed by atoms with Gasteiger partial charge in [0.05, 0.1) is 11.9 Å². The molecule has 2 rings (SSSR count). The Morgan fingerprint density at radius 3 is 3.06 bits per heavy atom. The molecule has 2 heterocycles. The van der Waals surface area contributed by atoms with E-state index in [0.717, 1.165) is 25.2 Å². The van der Waals surface area contributed by atoms with Crippen molar-refractivity contribution in [2.75, 3.05) is 6.54 Å². The Kier molecular flexibility index (Phi) is 3.61. The van der Waals surface area contributed by atoms with Gasteiger partial charge in [-0.1, -0.05) is 0 Å². The fourth-order valence-electron chi connectivity index (χ4n) is 1.48. The first-order valence-corrected chi connectivity index (χ1v) is 5.29.